The number of nitrogens with two attached hydrogens (primary N) is 1. The fourth-order valence-corrected chi connectivity index (χ4v) is 2.71. The molecule has 2 N–H and O–H groups in total. The maximum Gasteiger partial charge on any atom is 0.255 e. The first-order valence-corrected chi connectivity index (χ1v) is 7.68. The predicted molar refractivity (Wildman–Crippen MR) is 90.4 cm³/mol. The van der Waals surface area contributed by atoms with E-state index in [0.717, 1.165) is 5.56 Å². The number of anilines is 1. The van der Waals surface area contributed by atoms with E-state index in [-0.39, 0.29) is 11.7 Å². The summed E-state index contributed by atoms with van der Waals surface area (Å²) in [6, 6.07) is 11.6. The molecule has 0 fully saturated rings. The zero-order valence-electron chi connectivity index (χ0n) is 11.6. The Morgan fingerprint density at radius 1 is 1.24 bits per heavy atom. The Morgan fingerprint density at radius 3 is 2.48 bits per heavy atom. The normalized spacial score (nSPS) is 10.4. The minimum Gasteiger partial charge on any atom is -0.399 e. The van der Waals surface area contributed by atoms with E-state index in [2.05, 4.69) is 0 Å². The molecule has 2 rings (SSSR count). The average molecular weight is 398 g/mol. The van der Waals surface area contributed by atoms with Gasteiger partial charge in [0.1, 0.15) is 5.82 Å². The number of amides is 1. The number of benzene rings is 2. The lowest BCUT2D eigenvalue weighted by molar-refractivity contribution is 0.0751. The van der Waals surface area contributed by atoms with Crippen LogP contribution in [0.1, 0.15) is 22.8 Å². The second-order valence-corrected chi connectivity index (χ2v) is 5.85. The number of hydrogen-bond acceptors (Lipinski definition) is 2. The van der Waals surface area contributed by atoms with Crippen molar-refractivity contribution in [2.75, 3.05) is 12.3 Å². The summed E-state index contributed by atoms with van der Waals surface area (Å²) in [5.74, 6) is -0.434. The van der Waals surface area contributed by atoms with Crippen LogP contribution in [0.2, 0.25) is 0 Å². The first kappa shape index (κ1) is 15.8. The van der Waals surface area contributed by atoms with Gasteiger partial charge in [0.25, 0.3) is 5.91 Å². The Bertz CT molecular complexity index is 643. The van der Waals surface area contributed by atoms with Gasteiger partial charge in [-0.05, 0) is 65.4 Å². The molecule has 3 nitrogen and oxygen atoms in total. The van der Waals surface area contributed by atoms with E-state index in [1.165, 1.54) is 18.2 Å². The molecule has 2 aromatic carbocycles. The van der Waals surface area contributed by atoms with Crippen LogP contribution in [0.4, 0.5) is 10.1 Å². The molecular weight excluding hydrogens is 382 g/mol. The van der Waals surface area contributed by atoms with Crippen LogP contribution in [0.25, 0.3) is 0 Å². The fourth-order valence-electron chi connectivity index (χ4n) is 2.00. The lowest BCUT2D eigenvalue weighted by Gasteiger charge is -2.21. The second kappa shape index (κ2) is 6.89. The van der Waals surface area contributed by atoms with Crippen molar-refractivity contribution in [2.45, 2.75) is 13.5 Å². The van der Waals surface area contributed by atoms with Gasteiger partial charge < -0.3 is 10.6 Å². The van der Waals surface area contributed by atoms with Crippen molar-refractivity contribution >= 4 is 34.2 Å². The molecule has 0 heterocycles. The van der Waals surface area contributed by atoms with Crippen molar-refractivity contribution < 1.29 is 9.18 Å². The van der Waals surface area contributed by atoms with Crippen LogP contribution in [0.3, 0.4) is 0 Å². The molecule has 1 amide bonds. The van der Waals surface area contributed by atoms with Crippen molar-refractivity contribution in [3.05, 3.63) is 63.0 Å². The molecule has 0 spiro atoms. The van der Waals surface area contributed by atoms with Crippen LogP contribution in [0.15, 0.2) is 42.5 Å². The molecular formula is C16H16FIN2O. The fraction of sp³-hybridized carbons (Fsp3) is 0.188. The molecule has 110 valence electrons. The largest absolute Gasteiger partial charge is 0.399 e. The molecule has 21 heavy (non-hydrogen) atoms. The third kappa shape index (κ3) is 3.93. The second-order valence-electron chi connectivity index (χ2n) is 4.69. The minimum absolute atomic E-state index is 0.0984. The van der Waals surface area contributed by atoms with E-state index in [4.69, 9.17) is 5.73 Å². The van der Waals surface area contributed by atoms with Crippen LogP contribution in [0, 0.1) is 9.39 Å². The number of hydrogen-bond donors (Lipinski definition) is 1. The number of carbonyl (C=O) groups excluding carboxylic acids is 1. The quantitative estimate of drug-likeness (QED) is 0.631. The Balaban J connectivity index is 2.20. The third-order valence-corrected chi connectivity index (χ3v) is 4.08. The van der Waals surface area contributed by atoms with Gasteiger partial charge >= 0.3 is 0 Å². The molecule has 0 aliphatic heterocycles. The Morgan fingerprint density at radius 2 is 1.90 bits per heavy atom. The number of carbonyl (C=O) groups is 1. The molecule has 2 aromatic rings. The van der Waals surface area contributed by atoms with Crippen LogP contribution in [-0.4, -0.2) is 17.4 Å². The van der Waals surface area contributed by atoms with Gasteiger partial charge in [-0.15, -0.1) is 0 Å². The number of nitrogens with zero attached hydrogens (tertiary/aromatic N) is 1. The van der Waals surface area contributed by atoms with E-state index in [9.17, 15) is 9.18 Å². The topological polar surface area (TPSA) is 46.3 Å². The van der Waals surface area contributed by atoms with E-state index in [0.29, 0.717) is 27.9 Å². The van der Waals surface area contributed by atoms with Gasteiger partial charge in [-0.1, -0.05) is 12.1 Å². The summed E-state index contributed by atoms with van der Waals surface area (Å²) in [7, 11) is 0. The Labute approximate surface area is 137 Å². The number of nitrogen functional groups attached to an aromatic ring is 1. The highest BCUT2D eigenvalue weighted by molar-refractivity contribution is 14.1. The smallest absolute Gasteiger partial charge is 0.255 e. The summed E-state index contributed by atoms with van der Waals surface area (Å²) >= 11 is 1.98. The predicted octanol–water partition coefficient (Wildman–Crippen LogP) is 3.67. The summed E-state index contributed by atoms with van der Waals surface area (Å²) in [4.78, 5) is 14.3. The van der Waals surface area contributed by atoms with Crippen LogP contribution >= 0.6 is 22.6 Å². The molecule has 0 saturated heterocycles. The van der Waals surface area contributed by atoms with Crippen LogP contribution in [0.5, 0.6) is 0 Å². The lowest BCUT2D eigenvalue weighted by atomic mass is 10.1. The summed E-state index contributed by atoms with van der Waals surface area (Å²) < 4.78 is 13.8. The summed E-state index contributed by atoms with van der Waals surface area (Å²) in [5.41, 5.74) is 7.89. The van der Waals surface area contributed by atoms with Crippen molar-refractivity contribution in [3.8, 4) is 0 Å². The van der Waals surface area contributed by atoms with Crippen molar-refractivity contribution in [1.82, 2.24) is 4.90 Å². The zero-order chi connectivity index (χ0) is 15.4. The Hall–Kier alpha value is -1.63. The molecule has 0 bridgehead atoms. The minimum atomic E-state index is -0.336. The van der Waals surface area contributed by atoms with E-state index in [1.807, 2.05) is 53.8 Å². The van der Waals surface area contributed by atoms with Crippen molar-refractivity contribution in [1.29, 1.82) is 0 Å². The first-order chi connectivity index (χ1) is 10.0. The van der Waals surface area contributed by atoms with Crippen LogP contribution < -0.4 is 5.73 Å². The van der Waals surface area contributed by atoms with E-state index < -0.39 is 0 Å². The highest BCUT2D eigenvalue weighted by Crippen LogP contribution is 2.18. The first-order valence-electron chi connectivity index (χ1n) is 6.60. The molecule has 5 heteroatoms. The van der Waals surface area contributed by atoms with Crippen molar-refractivity contribution in [3.63, 3.8) is 0 Å². The maximum absolute atomic E-state index is 13.1. The molecule has 0 aromatic heterocycles. The molecule has 0 aliphatic rings. The lowest BCUT2D eigenvalue weighted by Crippen LogP contribution is -2.30. The van der Waals surface area contributed by atoms with Gasteiger partial charge in [-0.3, -0.25) is 4.79 Å². The highest BCUT2D eigenvalue weighted by atomic mass is 127. The number of rotatable bonds is 4. The average Bonchev–Trinajstić information content (AvgIpc) is 2.46. The van der Waals surface area contributed by atoms with Gasteiger partial charge in [0.05, 0.1) is 5.56 Å². The van der Waals surface area contributed by atoms with Crippen molar-refractivity contribution in [2.24, 2.45) is 0 Å². The summed E-state index contributed by atoms with van der Waals surface area (Å²) in [6.07, 6.45) is 0. The Kier molecular flexibility index (Phi) is 5.17. The molecule has 0 aliphatic carbocycles. The van der Waals surface area contributed by atoms with E-state index >= 15 is 0 Å². The maximum atomic E-state index is 13.1. The van der Waals surface area contributed by atoms with Gasteiger partial charge in [0, 0.05) is 22.3 Å². The SMILES string of the molecule is CCN(Cc1ccc(N)cc1)C(=O)c1ccc(F)cc1I. The van der Waals surface area contributed by atoms with Gasteiger partial charge in [0.2, 0.25) is 0 Å². The standard InChI is InChI=1S/C16H16FIN2O/c1-2-20(10-11-3-6-13(19)7-4-11)16(21)14-8-5-12(17)9-15(14)18/h3-9H,2,10,19H2,1H3. The molecule has 0 atom stereocenters. The highest BCUT2D eigenvalue weighted by Gasteiger charge is 2.17. The zero-order valence-corrected chi connectivity index (χ0v) is 13.8. The third-order valence-electron chi connectivity index (χ3n) is 3.18. The summed E-state index contributed by atoms with van der Waals surface area (Å²) in [6.45, 7) is 3.01. The van der Waals surface area contributed by atoms with E-state index in [1.54, 1.807) is 4.90 Å². The molecule has 0 unspecified atom stereocenters. The van der Waals surface area contributed by atoms with Gasteiger partial charge in [-0.2, -0.15) is 0 Å². The van der Waals surface area contributed by atoms with Gasteiger partial charge in [-0.25, -0.2) is 4.39 Å². The monoisotopic (exact) mass is 398 g/mol. The molecule has 0 radical (unpaired) electrons. The number of halogens is 2. The van der Waals surface area contributed by atoms with Crippen LogP contribution in [-0.2, 0) is 6.54 Å². The molecule has 0 saturated carbocycles. The summed E-state index contributed by atoms with van der Waals surface area (Å²) in [5, 5.41) is 0. The van der Waals surface area contributed by atoms with Gasteiger partial charge in [0.15, 0.2) is 0 Å².